The fourth-order valence-electron chi connectivity index (χ4n) is 4.40. The molecule has 4 aromatic rings. The number of amides is 2. The Labute approximate surface area is 217 Å². The first-order valence-electron chi connectivity index (χ1n) is 12.0. The SMILES string of the molecule is CSc1cccc(Oc2ncc(F)cc2C(=O)N[C@H]2CC[C@@H](NC(=O)c3cc4ccccn4n3)CC2)c1. The fourth-order valence-corrected chi connectivity index (χ4v) is 4.85. The van der Waals surface area contributed by atoms with E-state index in [2.05, 4.69) is 20.7 Å². The van der Waals surface area contributed by atoms with Gasteiger partial charge in [0.05, 0.1) is 11.7 Å². The van der Waals surface area contributed by atoms with Gasteiger partial charge in [-0.1, -0.05) is 12.1 Å². The summed E-state index contributed by atoms with van der Waals surface area (Å²) in [6, 6.07) is 15.8. The van der Waals surface area contributed by atoms with E-state index in [4.69, 9.17) is 4.74 Å². The largest absolute Gasteiger partial charge is 0.438 e. The normalized spacial score (nSPS) is 17.4. The Morgan fingerprint density at radius 2 is 1.76 bits per heavy atom. The predicted octanol–water partition coefficient (Wildman–Crippen LogP) is 4.85. The zero-order chi connectivity index (χ0) is 25.8. The summed E-state index contributed by atoms with van der Waals surface area (Å²) in [5, 5.41) is 10.3. The van der Waals surface area contributed by atoms with Crippen LogP contribution in [0, 0.1) is 5.82 Å². The highest BCUT2D eigenvalue weighted by Gasteiger charge is 2.26. The second-order valence-electron chi connectivity index (χ2n) is 8.88. The van der Waals surface area contributed by atoms with Crippen LogP contribution in [0.3, 0.4) is 0 Å². The van der Waals surface area contributed by atoms with Crippen LogP contribution < -0.4 is 15.4 Å². The molecule has 5 rings (SSSR count). The van der Waals surface area contributed by atoms with E-state index in [1.165, 1.54) is 0 Å². The summed E-state index contributed by atoms with van der Waals surface area (Å²) in [7, 11) is 0. The van der Waals surface area contributed by atoms with E-state index in [1.54, 1.807) is 34.6 Å². The van der Waals surface area contributed by atoms with Gasteiger partial charge in [0.15, 0.2) is 5.69 Å². The molecule has 10 heteroatoms. The minimum atomic E-state index is -0.617. The van der Waals surface area contributed by atoms with Gasteiger partial charge in [-0.15, -0.1) is 11.8 Å². The summed E-state index contributed by atoms with van der Waals surface area (Å²) in [5.74, 6) is -0.712. The van der Waals surface area contributed by atoms with Crippen molar-refractivity contribution in [2.24, 2.45) is 0 Å². The van der Waals surface area contributed by atoms with Crippen molar-refractivity contribution in [2.45, 2.75) is 42.7 Å². The molecule has 3 aromatic heterocycles. The molecule has 1 aliphatic carbocycles. The van der Waals surface area contributed by atoms with Gasteiger partial charge in [0.2, 0.25) is 5.88 Å². The number of carbonyl (C=O) groups excluding carboxylic acids is 2. The van der Waals surface area contributed by atoms with Gasteiger partial charge in [-0.05, 0) is 74.4 Å². The van der Waals surface area contributed by atoms with Crippen molar-refractivity contribution in [1.82, 2.24) is 25.2 Å². The third kappa shape index (κ3) is 5.91. The van der Waals surface area contributed by atoms with E-state index >= 15 is 0 Å². The van der Waals surface area contributed by atoms with E-state index in [-0.39, 0.29) is 29.4 Å². The van der Waals surface area contributed by atoms with E-state index in [0.29, 0.717) is 37.1 Å². The Balaban J connectivity index is 1.18. The van der Waals surface area contributed by atoms with E-state index < -0.39 is 11.7 Å². The van der Waals surface area contributed by atoms with Gasteiger partial charge in [-0.25, -0.2) is 13.9 Å². The Morgan fingerprint density at radius 1 is 1.00 bits per heavy atom. The lowest BCUT2D eigenvalue weighted by atomic mass is 9.91. The molecule has 0 spiro atoms. The van der Waals surface area contributed by atoms with Crippen LogP contribution in [0.5, 0.6) is 11.6 Å². The highest BCUT2D eigenvalue weighted by molar-refractivity contribution is 7.98. The van der Waals surface area contributed by atoms with E-state index in [0.717, 1.165) is 22.7 Å². The molecule has 0 aliphatic heterocycles. The first-order valence-corrected chi connectivity index (χ1v) is 13.2. The first-order chi connectivity index (χ1) is 18.0. The predicted molar refractivity (Wildman–Crippen MR) is 139 cm³/mol. The lowest BCUT2D eigenvalue weighted by Gasteiger charge is -2.29. The number of benzene rings is 1. The number of nitrogens with zero attached hydrogens (tertiary/aromatic N) is 3. The van der Waals surface area contributed by atoms with Crippen LogP contribution in [0.4, 0.5) is 4.39 Å². The minimum absolute atomic E-state index is 0.0103. The number of halogens is 1. The molecule has 2 N–H and O–H groups in total. The van der Waals surface area contributed by atoms with Crippen LogP contribution in [0.25, 0.3) is 5.52 Å². The summed E-state index contributed by atoms with van der Waals surface area (Å²) in [6.45, 7) is 0. The third-order valence-corrected chi connectivity index (χ3v) is 7.04. The molecule has 1 fully saturated rings. The first kappa shape index (κ1) is 24.8. The van der Waals surface area contributed by atoms with Crippen LogP contribution >= 0.6 is 11.8 Å². The number of ether oxygens (including phenoxy) is 1. The fraction of sp³-hybridized carbons (Fsp3) is 0.259. The standard InChI is InChI=1S/C27H26FN5O3S/c1-37-22-7-4-6-21(15-22)36-27-23(13-17(28)16-29-27)25(34)30-18-8-10-19(11-9-18)31-26(35)24-14-20-5-2-3-12-33(20)32-24/h2-7,12-16,18-19H,8-11H2,1H3,(H,30,34)(H,31,35)/t18-,19+. The van der Waals surface area contributed by atoms with E-state index in [9.17, 15) is 14.0 Å². The molecule has 8 nitrogen and oxygen atoms in total. The molecule has 0 atom stereocenters. The Hall–Kier alpha value is -3.92. The maximum Gasteiger partial charge on any atom is 0.272 e. The average molecular weight is 520 g/mol. The molecule has 3 heterocycles. The van der Waals surface area contributed by atoms with Gasteiger partial charge < -0.3 is 15.4 Å². The Bertz CT molecular complexity index is 1400. The number of aromatic nitrogens is 3. The summed E-state index contributed by atoms with van der Waals surface area (Å²) in [5.41, 5.74) is 1.26. The van der Waals surface area contributed by atoms with Gasteiger partial charge in [-0.3, -0.25) is 9.59 Å². The van der Waals surface area contributed by atoms with Crippen LogP contribution in [-0.2, 0) is 0 Å². The quantitative estimate of drug-likeness (QED) is 0.339. The lowest BCUT2D eigenvalue weighted by Crippen LogP contribution is -2.44. The second-order valence-corrected chi connectivity index (χ2v) is 9.76. The number of thioether (sulfide) groups is 1. The number of carbonyl (C=O) groups is 2. The summed E-state index contributed by atoms with van der Waals surface area (Å²) in [4.78, 5) is 30.7. The zero-order valence-electron chi connectivity index (χ0n) is 20.2. The van der Waals surface area contributed by atoms with Gasteiger partial charge >= 0.3 is 0 Å². The monoisotopic (exact) mass is 519 g/mol. The van der Waals surface area contributed by atoms with Crippen LogP contribution in [0.2, 0.25) is 0 Å². The smallest absolute Gasteiger partial charge is 0.272 e. The highest BCUT2D eigenvalue weighted by Crippen LogP contribution is 2.28. The summed E-state index contributed by atoms with van der Waals surface area (Å²) < 4.78 is 21.5. The van der Waals surface area contributed by atoms with Crippen molar-refractivity contribution >= 4 is 29.1 Å². The molecule has 1 saturated carbocycles. The molecule has 2 amide bonds. The molecule has 0 saturated heterocycles. The Kier molecular flexibility index (Phi) is 7.36. The molecular weight excluding hydrogens is 493 g/mol. The number of hydrogen-bond donors (Lipinski definition) is 2. The van der Waals surface area contributed by atoms with Crippen molar-refractivity contribution in [2.75, 3.05) is 6.26 Å². The van der Waals surface area contributed by atoms with Crippen molar-refractivity contribution in [3.05, 3.63) is 84.1 Å². The van der Waals surface area contributed by atoms with Crippen LogP contribution in [-0.4, -0.2) is 44.8 Å². The number of hydrogen-bond acceptors (Lipinski definition) is 6. The van der Waals surface area contributed by atoms with Crippen molar-refractivity contribution in [3.8, 4) is 11.6 Å². The van der Waals surface area contributed by atoms with Crippen molar-refractivity contribution in [1.29, 1.82) is 0 Å². The van der Waals surface area contributed by atoms with Crippen molar-refractivity contribution < 1.29 is 18.7 Å². The van der Waals surface area contributed by atoms with Gasteiger partial charge in [0.1, 0.15) is 17.1 Å². The topological polar surface area (TPSA) is 97.6 Å². The van der Waals surface area contributed by atoms with Gasteiger partial charge in [-0.2, -0.15) is 5.10 Å². The van der Waals surface area contributed by atoms with Gasteiger partial charge in [0.25, 0.3) is 11.8 Å². The van der Waals surface area contributed by atoms with Crippen LogP contribution in [0.1, 0.15) is 46.5 Å². The molecule has 0 radical (unpaired) electrons. The van der Waals surface area contributed by atoms with Crippen molar-refractivity contribution in [3.63, 3.8) is 0 Å². The van der Waals surface area contributed by atoms with Gasteiger partial charge in [0, 0.05) is 23.2 Å². The van der Waals surface area contributed by atoms with Crippen LogP contribution in [0.15, 0.2) is 71.9 Å². The third-order valence-electron chi connectivity index (χ3n) is 6.32. The van der Waals surface area contributed by atoms with E-state index in [1.807, 2.05) is 42.7 Å². The highest BCUT2D eigenvalue weighted by atomic mass is 32.2. The number of nitrogens with one attached hydrogen (secondary N) is 2. The maximum atomic E-state index is 14.0. The molecule has 37 heavy (non-hydrogen) atoms. The lowest BCUT2D eigenvalue weighted by molar-refractivity contribution is 0.0887. The summed E-state index contributed by atoms with van der Waals surface area (Å²) >= 11 is 1.56. The molecule has 190 valence electrons. The molecule has 1 aliphatic rings. The molecule has 1 aromatic carbocycles. The molecule has 0 unspecified atom stereocenters. The number of rotatable bonds is 7. The Morgan fingerprint density at radius 3 is 2.49 bits per heavy atom. The average Bonchev–Trinajstić information content (AvgIpc) is 3.35. The number of pyridine rings is 2. The zero-order valence-corrected chi connectivity index (χ0v) is 21.0. The maximum absolute atomic E-state index is 14.0. The molecular formula is C27H26FN5O3S. The second kappa shape index (κ2) is 11.0. The summed E-state index contributed by atoms with van der Waals surface area (Å²) in [6.07, 6.45) is 7.54. The molecule has 0 bridgehead atoms. The number of fused-ring (bicyclic) bond motifs is 1. The minimum Gasteiger partial charge on any atom is -0.438 e.